The molecule has 0 aliphatic carbocycles. The van der Waals surface area contributed by atoms with Crippen LogP contribution >= 0.6 is 0 Å². The molecule has 20 heavy (non-hydrogen) atoms. The lowest BCUT2D eigenvalue weighted by Crippen LogP contribution is -2.12. The predicted octanol–water partition coefficient (Wildman–Crippen LogP) is 2.17. The standard InChI is InChI=1S/C13H18N2O5/c1-7-6-9(10(14)4-3-5-11(16)17)13(18)12(8(7)2)15(19)20/h6,10,18H,3-5,14H2,1-2H3,(H,16,17)/t10-/m1/s1. The number of carbonyl (C=O) groups is 1. The van der Waals surface area contributed by atoms with Crippen molar-refractivity contribution in [3.63, 3.8) is 0 Å². The van der Waals surface area contributed by atoms with Crippen LogP contribution in [0.2, 0.25) is 0 Å². The summed E-state index contributed by atoms with van der Waals surface area (Å²) in [7, 11) is 0. The lowest BCUT2D eigenvalue weighted by Gasteiger charge is -2.15. The smallest absolute Gasteiger partial charge is 0.314 e. The van der Waals surface area contributed by atoms with E-state index in [1.807, 2.05) is 0 Å². The van der Waals surface area contributed by atoms with Crippen LogP contribution in [-0.2, 0) is 4.79 Å². The fourth-order valence-corrected chi connectivity index (χ4v) is 2.05. The van der Waals surface area contributed by atoms with Gasteiger partial charge < -0.3 is 15.9 Å². The zero-order chi connectivity index (χ0) is 15.4. The van der Waals surface area contributed by atoms with Crippen molar-refractivity contribution in [1.29, 1.82) is 0 Å². The van der Waals surface area contributed by atoms with Gasteiger partial charge in [-0.1, -0.05) is 6.07 Å². The molecule has 110 valence electrons. The van der Waals surface area contributed by atoms with E-state index in [-0.39, 0.29) is 17.7 Å². The Morgan fingerprint density at radius 2 is 2.10 bits per heavy atom. The highest BCUT2D eigenvalue weighted by Crippen LogP contribution is 2.38. The summed E-state index contributed by atoms with van der Waals surface area (Å²) in [5.74, 6) is -1.35. The van der Waals surface area contributed by atoms with Gasteiger partial charge in [0.2, 0.25) is 0 Å². The second-order valence-electron chi connectivity index (χ2n) is 4.75. The molecule has 0 spiro atoms. The normalized spacial score (nSPS) is 12.2. The van der Waals surface area contributed by atoms with Crippen molar-refractivity contribution in [2.75, 3.05) is 0 Å². The number of aryl methyl sites for hydroxylation is 1. The van der Waals surface area contributed by atoms with E-state index in [1.54, 1.807) is 19.9 Å². The number of nitro benzene ring substituents is 1. The van der Waals surface area contributed by atoms with Crippen LogP contribution in [0.15, 0.2) is 6.07 Å². The number of nitro groups is 1. The zero-order valence-corrected chi connectivity index (χ0v) is 11.4. The van der Waals surface area contributed by atoms with E-state index in [1.165, 1.54) is 0 Å². The summed E-state index contributed by atoms with van der Waals surface area (Å²) in [6, 6.07) is 0.982. The molecule has 0 fully saturated rings. The molecule has 0 radical (unpaired) electrons. The van der Waals surface area contributed by atoms with Gasteiger partial charge in [-0.15, -0.1) is 0 Å². The SMILES string of the molecule is Cc1cc([C@H](N)CCCC(=O)O)c(O)c([N+](=O)[O-])c1C. The number of carboxylic acids is 1. The van der Waals surface area contributed by atoms with Gasteiger partial charge in [-0.3, -0.25) is 14.9 Å². The molecule has 0 aromatic heterocycles. The number of phenols is 1. The van der Waals surface area contributed by atoms with Crippen molar-refractivity contribution >= 4 is 11.7 Å². The minimum absolute atomic E-state index is 0.0264. The Bertz CT molecular complexity index is 542. The van der Waals surface area contributed by atoms with Crippen LogP contribution in [0.1, 0.15) is 42.0 Å². The number of phenolic OH excluding ortho intramolecular Hbond substituents is 1. The highest BCUT2D eigenvalue weighted by molar-refractivity contribution is 5.66. The molecule has 0 aliphatic heterocycles. The number of rotatable bonds is 6. The second-order valence-corrected chi connectivity index (χ2v) is 4.75. The van der Waals surface area contributed by atoms with Gasteiger partial charge in [0.25, 0.3) is 0 Å². The fraction of sp³-hybridized carbons (Fsp3) is 0.462. The maximum absolute atomic E-state index is 11.0. The van der Waals surface area contributed by atoms with Gasteiger partial charge in [0.15, 0.2) is 5.75 Å². The van der Waals surface area contributed by atoms with Crippen molar-refractivity contribution in [2.45, 2.75) is 39.2 Å². The summed E-state index contributed by atoms with van der Waals surface area (Å²) in [6.45, 7) is 3.27. The molecule has 7 heteroatoms. The van der Waals surface area contributed by atoms with Gasteiger partial charge in [-0.05, 0) is 32.3 Å². The average Bonchev–Trinajstić information content (AvgIpc) is 2.32. The quantitative estimate of drug-likeness (QED) is 0.542. The van der Waals surface area contributed by atoms with Gasteiger partial charge in [-0.25, -0.2) is 0 Å². The van der Waals surface area contributed by atoms with Gasteiger partial charge >= 0.3 is 11.7 Å². The third-order valence-corrected chi connectivity index (χ3v) is 3.30. The van der Waals surface area contributed by atoms with E-state index in [2.05, 4.69) is 0 Å². The largest absolute Gasteiger partial charge is 0.502 e. The molecule has 7 nitrogen and oxygen atoms in total. The summed E-state index contributed by atoms with van der Waals surface area (Å²) in [5, 5.41) is 29.6. The van der Waals surface area contributed by atoms with Crippen molar-refractivity contribution in [1.82, 2.24) is 0 Å². The third-order valence-electron chi connectivity index (χ3n) is 3.30. The molecule has 1 aromatic rings. The molecule has 0 aliphatic rings. The molecular weight excluding hydrogens is 264 g/mol. The Labute approximate surface area is 116 Å². The van der Waals surface area contributed by atoms with E-state index in [4.69, 9.17) is 10.8 Å². The average molecular weight is 282 g/mol. The van der Waals surface area contributed by atoms with E-state index < -0.39 is 22.7 Å². The third kappa shape index (κ3) is 3.45. The number of hydrogen-bond donors (Lipinski definition) is 3. The van der Waals surface area contributed by atoms with Crippen molar-refractivity contribution < 1.29 is 19.9 Å². The topological polar surface area (TPSA) is 127 Å². The minimum Gasteiger partial charge on any atom is -0.502 e. The van der Waals surface area contributed by atoms with Crippen LogP contribution in [0.4, 0.5) is 5.69 Å². The van der Waals surface area contributed by atoms with E-state index in [0.29, 0.717) is 24.0 Å². The maximum Gasteiger partial charge on any atom is 0.314 e. The fourth-order valence-electron chi connectivity index (χ4n) is 2.05. The first-order chi connectivity index (χ1) is 9.25. The maximum atomic E-state index is 11.0. The summed E-state index contributed by atoms with van der Waals surface area (Å²) in [6.07, 6.45) is 0.650. The van der Waals surface area contributed by atoms with E-state index in [0.717, 1.165) is 0 Å². The highest BCUT2D eigenvalue weighted by atomic mass is 16.6. The lowest BCUT2D eigenvalue weighted by molar-refractivity contribution is -0.386. The summed E-state index contributed by atoms with van der Waals surface area (Å²) in [5.41, 5.74) is 6.90. The molecule has 0 heterocycles. The Kier molecular flexibility index (Phi) is 5.04. The second kappa shape index (κ2) is 6.33. The first kappa shape index (κ1) is 15.9. The Morgan fingerprint density at radius 1 is 1.50 bits per heavy atom. The molecule has 0 amide bonds. The number of aliphatic carboxylic acids is 1. The van der Waals surface area contributed by atoms with Gasteiger partial charge in [0.05, 0.1) is 4.92 Å². The summed E-state index contributed by atoms with van der Waals surface area (Å²) >= 11 is 0. The Balaban J connectivity index is 3.06. The van der Waals surface area contributed by atoms with Gasteiger partial charge in [0.1, 0.15) is 0 Å². The van der Waals surface area contributed by atoms with Crippen LogP contribution in [0.5, 0.6) is 5.75 Å². The predicted molar refractivity (Wildman–Crippen MR) is 72.7 cm³/mol. The first-order valence-corrected chi connectivity index (χ1v) is 6.20. The number of hydrogen-bond acceptors (Lipinski definition) is 5. The highest BCUT2D eigenvalue weighted by Gasteiger charge is 2.25. The molecule has 1 rings (SSSR count). The number of carboxylic acid groups (broad SMARTS) is 1. The van der Waals surface area contributed by atoms with Crippen molar-refractivity contribution in [2.24, 2.45) is 5.73 Å². The van der Waals surface area contributed by atoms with E-state index in [9.17, 15) is 20.0 Å². The number of nitrogens with two attached hydrogens (primary N) is 1. The summed E-state index contributed by atoms with van der Waals surface area (Å²) < 4.78 is 0. The van der Waals surface area contributed by atoms with Gasteiger partial charge in [0, 0.05) is 23.6 Å². The zero-order valence-electron chi connectivity index (χ0n) is 11.4. The van der Waals surface area contributed by atoms with Crippen LogP contribution in [0.25, 0.3) is 0 Å². The van der Waals surface area contributed by atoms with Crippen molar-refractivity contribution in [3.8, 4) is 5.75 Å². The molecule has 1 aromatic carbocycles. The molecule has 0 saturated heterocycles. The van der Waals surface area contributed by atoms with Crippen molar-refractivity contribution in [3.05, 3.63) is 32.9 Å². The van der Waals surface area contributed by atoms with Crippen LogP contribution in [0, 0.1) is 24.0 Å². The molecule has 4 N–H and O–H groups in total. The minimum atomic E-state index is -0.924. The number of nitrogens with zero attached hydrogens (tertiary/aromatic N) is 1. The molecular formula is C13H18N2O5. The molecule has 0 saturated carbocycles. The molecule has 1 atom stereocenters. The summed E-state index contributed by atoms with van der Waals surface area (Å²) in [4.78, 5) is 20.8. The Morgan fingerprint density at radius 3 is 2.60 bits per heavy atom. The number of benzene rings is 1. The van der Waals surface area contributed by atoms with Crippen LogP contribution < -0.4 is 5.73 Å². The van der Waals surface area contributed by atoms with Gasteiger partial charge in [-0.2, -0.15) is 0 Å². The van der Waals surface area contributed by atoms with E-state index >= 15 is 0 Å². The monoisotopic (exact) mass is 282 g/mol. The molecule has 0 bridgehead atoms. The molecule has 0 unspecified atom stereocenters. The Hall–Kier alpha value is -2.15. The van der Waals surface area contributed by atoms with Crippen LogP contribution in [0.3, 0.4) is 0 Å². The number of aromatic hydroxyl groups is 1. The first-order valence-electron chi connectivity index (χ1n) is 6.20. The van der Waals surface area contributed by atoms with Crippen LogP contribution in [-0.4, -0.2) is 21.1 Å². The lowest BCUT2D eigenvalue weighted by atomic mass is 9.95.